The third-order valence-corrected chi connectivity index (χ3v) is 4.95. The molecular formula is C24H29N3O4. The summed E-state index contributed by atoms with van der Waals surface area (Å²) in [4.78, 5) is 25.2. The number of ether oxygens (including phenoxy) is 2. The molecule has 1 fully saturated rings. The maximum Gasteiger partial charge on any atom is 0.319 e. The van der Waals surface area contributed by atoms with Crippen molar-refractivity contribution in [1.29, 1.82) is 0 Å². The van der Waals surface area contributed by atoms with Gasteiger partial charge >= 0.3 is 6.03 Å². The molecule has 7 nitrogen and oxygen atoms in total. The quantitative estimate of drug-likeness (QED) is 0.574. The van der Waals surface area contributed by atoms with Gasteiger partial charge in [-0.2, -0.15) is 0 Å². The number of carbonyl (C=O) groups excluding carboxylic acids is 2. The molecule has 1 heterocycles. The Labute approximate surface area is 182 Å². The molecule has 3 rings (SSSR count). The smallest absolute Gasteiger partial charge is 0.319 e. The van der Waals surface area contributed by atoms with Crippen LogP contribution in [-0.2, 0) is 11.3 Å². The minimum absolute atomic E-state index is 0.226. The molecule has 0 saturated carbocycles. The van der Waals surface area contributed by atoms with E-state index in [1.807, 2.05) is 62.4 Å². The van der Waals surface area contributed by atoms with Crippen LogP contribution in [0.5, 0.6) is 11.5 Å². The van der Waals surface area contributed by atoms with Crippen LogP contribution in [0.1, 0.15) is 37.4 Å². The van der Waals surface area contributed by atoms with Gasteiger partial charge in [-0.15, -0.1) is 0 Å². The molecule has 0 radical (unpaired) electrons. The van der Waals surface area contributed by atoms with E-state index in [1.165, 1.54) is 0 Å². The lowest BCUT2D eigenvalue weighted by Gasteiger charge is -2.34. The maximum atomic E-state index is 13.1. The van der Waals surface area contributed by atoms with Crippen LogP contribution in [0, 0.1) is 5.92 Å². The standard InChI is InChI=1S/C24H29N3O4/c1-4-13-31-19-12-11-18(14-20(19)30-5-2)22-21(16(3)26-24(29)27-22)23(28)25-15-17-9-7-6-8-10-17/h6-12,14,21-22H,3-5,13,15H2,1-2H3,(H,25,28)(H2,26,27,29)/t21-,22+/m1/s1. The van der Waals surface area contributed by atoms with E-state index < -0.39 is 18.0 Å². The Morgan fingerprint density at radius 2 is 1.87 bits per heavy atom. The number of urea groups is 1. The third-order valence-electron chi connectivity index (χ3n) is 4.95. The lowest BCUT2D eigenvalue weighted by Crippen LogP contribution is -2.52. The van der Waals surface area contributed by atoms with Crippen LogP contribution >= 0.6 is 0 Å². The molecule has 1 saturated heterocycles. The number of hydrogen-bond donors (Lipinski definition) is 3. The molecule has 0 aliphatic carbocycles. The number of benzene rings is 2. The van der Waals surface area contributed by atoms with Crippen LogP contribution < -0.4 is 25.4 Å². The molecule has 31 heavy (non-hydrogen) atoms. The normalized spacial score (nSPS) is 18.0. The molecule has 0 bridgehead atoms. The molecule has 3 amide bonds. The zero-order chi connectivity index (χ0) is 22.2. The van der Waals surface area contributed by atoms with Gasteiger partial charge in [0.2, 0.25) is 5.91 Å². The summed E-state index contributed by atoms with van der Waals surface area (Å²) in [5, 5.41) is 8.43. The Balaban J connectivity index is 1.85. The molecule has 1 aliphatic heterocycles. The Hall–Kier alpha value is -3.48. The first-order chi connectivity index (χ1) is 15.0. The van der Waals surface area contributed by atoms with Crippen molar-refractivity contribution in [3.63, 3.8) is 0 Å². The summed E-state index contributed by atoms with van der Waals surface area (Å²) in [5.74, 6) is 0.306. The number of carbonyl (C=O) groups is 2. The second-order valence-corrected chi connectivity index (χ2v) is 7.27. The van der Waals surface area contributed by atoms with Gasteiger partial charge in [0.1, 0.15) is 5.92 Å². The summed E-state index contributed by atoms with van der Waals surface area (Å²) in [6, 6.07) is 14.1. The van der Waals surface area contributed by atoms with Crippen molar-refractivity contribution in [2.24, 2.45) is 5.92 Å². The lowest BCUT2D eigenvalue weighted by molar-refractivity contribution is -0.125. The topological polar surface area (TPSA) is 88.7 Å². The molecule has 2 aromatic rings. The summed E-state index contributed by atoms with van der Waals surface area (Å²) in [7, 11) is 0. The summed E-state index contributed by atoms with van der Waals surface area (Å²) < 4.78 is 11.5. The highest BCUT2D eigenvalue weighted by Gasteiger charge is 2.38. The Morgan fingerprint density at radius 3 is 2.58 bits per heavy atom. The number of amides is 3. The second kappa shape index (κ2) is 10.5. The molecule has 2 aromatic carbocycles. The highest BCUT2D eigenvalue weighted by Crippen LogP contribution is 2.35. The van der Waals surface area contributed by atoms with Crippen molar-refractivity contribution in [2.45, 2.75) is 32.9 Å². The summed E-state index contributed by atoms with van der Waals surface area (Å²) in [6.45, 7) is 9.28. The summed E-state index contributed by atoms with van der Waals surface area (Å²) >= 11 is 0. The molecule has 0 spiro atoms. The van der Waals surface area contributed by atoms with Crippen molar-refractivity contribution >= 4 is 11.9 Å². The van der Waals surface area contributed by atoms with Crippen molar-refractivity contribution in [2.75, 3.05) is 13.2 Å². The highest BCUT2D eigenvalue weighted by molar-refractivity contribution is 5.88. The van der Waals surface area contributed by atoms with Crippen LogP contribution in [0.3, 0.4) is 0 Å². The monoisotopic (exact) mass is 423 g/mol. The van der Waals surface area contributed by atoms with Gasteiger partial charge in [0.25, 0.3) is 0 Å². The van der Waals surface area contributed by atoms with Crippen LogP contribution in [0.15, 0.2) is 60.8 Å². The third kappa shape index (κ3) is 5.57. The minimum Gasteiger partial charge on any atom is -0.490 e. The first kappa shape index (κ1) is 22.2. The van der Waals surface area contributed by atoms with E-state index in [4.69, 9.17) is 9.47 Å². The van der Waals surface area contributed by atoms with Crippen molar-refractivity contribution in [3.05, 3.63) is 71.9 Å². The van der Waals surface area contributed by atoms with Gasteiger partial charge in [-0.1, -0.05) is 49.9 Å². The SMILES string of the molecule is C=C1NC(=O)N[C@@H](c2ccc(OCCC)c(OCC)c2)[C@@H]1C(=O)NCc1ccccc1. The molecule has 3 N–H and O–H groups in total. The van der Waals surface area contributed by atoms with Crippen LogP contribution in [0.25, 0.3) is 0 Å². The average Bonchev–Trinajstić information content (AvgIpc) is 2.77. The van der Waals surface area contributed by atoms with Gasteiger partial charge in [0, 0.05) is 12.2 Å². The number of rotatable bonds is 9. The van der Waals surface area contributed by atoms with E-state index in [9.17, 15) is 9.59 Å². The molecule has 164 valence electrons. The fourth-order valence-corrected chi connectivity index (χ4v) is 3.48. The molecule has 0 unspecified atom stereocenters. The lowest BCUT2D eigenvalue weighted by atomic mass is 9.88. The second-order valence-electron chi connectivity index (χ2n) is 7.27. The minimum atomic E-state index is -0.682. The van der Waals surface area contributed by atoms with E-state index in [0.717, 1.165) is 17.5 Å². The molecule has 1 aliphatic rings. The van der Waals surface area contributed by atoms with E-state index in [-0.39, 0.29) is 5.91 Å². The summed E-state index contributed by atoms with van der Waals surface area (Å²) in [5.41, 5.74) is 2.08. The first-order valence-electron chi connectivity index (χ1n) is 10.5. The van der Waals surface area contributed by atoms with Gasteiger partial charge in [-0.3, -0.25) is 4.79 Å². The Kier molecular flexibility index (Phi) is 7.54. The van der Waals surface area contributed by atoms with Gasteiger partial charge in [0.15, 0.2) is 11.5 Å². The van der Waals surface area contributed by atoms with Crippen LogP contribution in [0.2, 0.25) is 0 Å². The van der Waals surface area contributed by atoms with Crippen LogP contribution in [-0.4, -0.2) is 25.2 Å². The van der Waals surface area contributed by atoms with E-state index >= 15 is 0 Å². The van der Waals surface area contributed by atoms with E-state index in [1.54, 1.807) is 0 Å². The Morgan fingerprint density at radius 1 is 1.10 bits per heavy atom. The predicted octanol–water partition coefficient (Wildman–Crippen LogP) is 3.67. The fourth-order valence-electron chi connectivity index (χ4n) is 3.48. The molecule has 7 heteroatoms. The van der Waals surface area contributed by atoms with E-state index in [0.29, 0.717) is 37.0 Å². The predicted molar refractivity (Wildman–Crippen MR) is 119 cm³/mol. The summed E-state index contributed by atoms with van der Waals surface area (Å²) in [6.07, 6.45) is 0.876. The van der Waals surface area contributed by atoms with Crippen LogP contribution in [0.4, 0.5) is 4.79 Å². The first-order valence-corrected chi connectivity index (χ1v) is 10.5. The number of hydrogen-bond acceptors (Lipinski definition) is 4. The van der Waals surface area contributed by atoms with Crippen molar-refractivity contribution < 1.29 is 19.1 Å². The molecule has 2 atom stereocenters. The maximum absolute atomic E-state index is 13.1. The molecule has 0 aromatic heterocycles. The fraction of sp³-hybridized carbons (Fsp3) is 0.333. The zero-order valence-electron chi connectivity index (χ0n) is 17.9. The van der Waals surface area contributed by atoms with Gasteiger partial charge < -0.3 is 25.4 Å². The largest absolute Gasteiger partial charge is 0.490 e. The van der Waals surface area contributed by atoms with Crippen molar-refractivity contribution in [1.82, 2.24) is 16.0 Å². The van der Waals surface area contributed by atoms with Crippen molar-refractivity contribution in [3.8, 4) is 11.5 Å². The number of nitrogens with one attached hydrogen (secondary N) is 3. The Bertz CT molecular complexity index is 930. The van der Waals surface area contributed by atoms with Gasteiger partial charge in [0.05, 0.1) is 19.3 Å². The molecular weight excluding hydrogens is 394 g/mol. The van der Waals surface area contributed by atoms with Gasteiger partial charge in [-0.25, -0.2) is 4.79 Å². The van der Waals surface area contributed by atoms with Gasteiger partial charge in [-0.05, 0) is 36.6 Å². The zero-order valence-corrected chi connectivity index (χ0v) is 17.9. The average molecular weight is 424 g/mol. The van der Waals surface area contributed by atoms with E-state index in [2.05, 4.69) is 22.5 Å². The highest BCUT2D eigenvalue weighted by atomic mass is 16.5.